The first kappa shape index (κ1) is 11.7. The minimum Gasteiger partial charge on any atom is -0.388 e. The van der Waals surface area contributed by atoms with Gasteiger partial charge in [-0.15, -0.1) is 11.6 Å². The van der Waals surface area contributed by atoms with Gasteiger partial charge < -0.3 is 5.11 Å². The third-order valence-electron chi connectivity index (χ3n) is 1.83. The molecule has 0 aliphatic heterocycles. The van der Waals surface area contributed by atoms with E-state index in [1.165, 1.54) is 0 Å². The molecule has 0 aromatic heterocycles. The topological polar surface area (TPSA) is 37.3 Å². The van der Waals surface area contributed by atoms with Gasteiger partial charge in [-0.05, 0) is 11.6 Å². The number of hydrogen-bond donors (Lipinski definition) is 1. The van der Waals surface area contributed by atoms with Gasteiger partial charge in [0.15, 0.2) is 5.78 Å². The summed E-state index contributed by atoms with van der Waals surface area (Å²) in [5.41, 5.74) is 0.714. The summed E-state index contributed by atoms with van der Waals surface area (Å²) in [5.74, 6) is -0.212. The molecule has 0 fully saturated rings. The molecule has 76 valence electrons. The Morgan fingerprint density at radius 1 is 1.50 bits per heavy atom. The van der Waals surface area contributed by atoms with Gasteiger partial charge in [-0.25, -0.2) is 0 Å². The normalized spacial score (nSPS) is 12.5. The average molecular weight is 278 g/mol. The number of alkyl halides is 1. The van der Waals surface area contributed by atoms with E-state index in [1.54, 1.807) is 6.07 Å². The molecule has 0 heterocycles. The Morgan fingerprint density at radius 3 is 2.71 bits per heavy atom. The minimum absolute atomic E-state index is 0.0541. The van der Waals surface area contributed by atoms with Crippen LogP contribution in [-0.4, -0.2) is 16.8 Å². The number of carbonyl (C=O) groups excluding carboxylic acids is 1. The predicted octanol–water partition coefficient (Wildman–Crippen LogP) is 2.68. The van der Waals surface area contributed by atoms with Crippen molar-refractivity contribution in [2.45, 2.75) is 12.5 Å². The van der Waals surface area contributed by atoms with Crippen LogP contribution in [0.1, 0.15) is 18.1 Å². The number of ketones is 1. The molecule has 1 rings (SSSR count). The highest BCUT2D eigenvalue weighted by atomic mass is 79.9. The van der Waals surface area contributed by atoms with Crippen molar-refractivity contribution in [2.24, 2.45) is 0 Å². The summed E-state index contributed by atoms with van der Waals surface area (Å²) in [6.45, 7) is 0. The third-order valence-corrected chi connectivity index (χ3v) is 2.85. The van der Waals surface area contributed by atoms with Crippen LogP contribution in [0.5, 0.6) is 0 Å². The summed E-state index contributed by atoms with van der Waals surface area (Å²) in [6.07, 6.45) is -0.719. The molecule has 0 aliphatic carbocycles. The maximum atomic E-state index is 11.0. The first-order chi connectivity index (χ1) is 6.65. The van der Waals surface area contributed by atoms with Crippen molar-refractivity contribution in [1.29, 1.82) is 0 Å². The number of rotatable bonds is 4. The van der Waals surface area contributed by atoms with Crippen molar-refractivity contribution in [3.05, 3.63) is 34.3 Å². The Kier molecular flexibility index (Phi) is 4.58. The maximum absolute atomic E-state index is 11.0. The van der Waals surface area contributed by atoms with Crippen LogP contribution < -0.4 is 0 Å². The Morgan fingerprint density at radius 2 is 2.14 bits per heavy atom. The predicted molar refractivity (Wildman–Crippen MR) is 59.4 cm³/mol. The van der Waals surface area contributed by atoms with E-state index in [0.29, 0.717) is 5.56 Å². The number of carbonyl (C=O) groups is 1. The lowest BCUT2D eigenvalue weighted by atomic mass is 10.1. The monoisotopic (exact) mass is 276 g/mol. The molecule has 0 amide bonds. The number of aliphatic hydroxyl groups is 1. The SMILES string of the molecule is O=C(CCl)CC(O)c1ccccc1Br. The van der Waals surface area contributed by atoms with E-state index in [1.807, 2.05) is 18.2 Å². The standard InChI is InChI=1S/C10H10BrClO2/c11-9-4-2-1-3-8(9)10(14)5-7(13)6-12/h1-4,10,14H,5-6H2. The van der Waals surface area contributed by atoms with E-state index in [2.05, 4.69) is 15.9 Å². The van der Waals surface area contributed by atoms with E-state index in [-0.39, 0.29) is 18.1 Å². The Hall–Kier alpha value is -0.380. The number of aliphatic hydroxyl groups excluding tert-OH is 1. The van der Waals surface area contributed by atoms with Gasteiger partial charge in [0.05, 0.1) is 12.0 Å². The summed E-state index contributed by atoms with van der Waals surface area (Å²) >= 11 is 8.66. The van der Waals surface area contributed by atoms with Gasteiger partial charge in [-0.1, -0.05) is 34.1 Å². The molecule has 0 saturated carbocycles. The highest BCUT2D eigenvalue weighted by Gasteiger charge is 2.14. The van der Waals surface area contributed by atoms with E-state index >= 15 is 0 Å². The van der Waals surface area contributed by atoms with Gasteiger partial charge in [-0.3, -0.25) is 4.79 Å². The molecule has 4 heteroatoms. The molecule has 1 aromatic carbocycles. The van der Waals surface area contributed by atoms with Crippen LogP contribution in [-0.2, 0) is 4.79 Å². The molecular formula is C10H10BrClO2. The maximum Gasteiger partial charge on any atom is 0.150 e. The summed E-state index contributed by atoms with van der Waals surface area (Å²) < 4.78 is 0.801. The Balaban J connectivity index is 2.74. The fourth-order valence-corrected chi connectivity index (χ4v) is 1.78. The van der Waals surface area contributed by atoms with E-state index in [4.69, 9.17) is 11.6 Å². The molecule has 0 aliphatic rings. The van der Waals surface area contributed by atoms with Crippen molar-refractivity contribution < 1.29 is 9.90 Å². The van der Waals surface area contributed by atoms with Crippen molar-refractivity contribution >= 4 is 33.3 Å². The van der Waals surface area contributed by atoms with Crippen LogP contribution >= 0.6 is 27.5 Å². The molecule has 0 bridgehead atoms. The Labute approximate surface area is 96.0 Å². The smallest absolute Gasteiger partial charge is 0.150 e. The lowest BCUT2D eigenvalue weighted by Gasteiger charge is -2.10. The third kappa shape index (κ3) is 3.08. The van der Waals surface area contributed by atoms with Gasteiger partial charge in [-0.2, -0.15) is 0 Å². The van der Waals surface area contributed by atoms with E-state index < -0.39 is 6.10 Å². The van der Waals surface area contributed by atoms with Gasteiger partial charge >= 0.3 is 0 Å². The summed E-state index contributed by atoms with van der Waals surface area (Å²) in [6, 6.07) is 7.26. The quantitative estimate of drug-likeness (QED) is 0.859. The fourth-order valence-electron chi connectivity index (χ4n) is 1.13. The zero-order valence-corrected chi connectivity index (χ0v) is 9.75. The molecule has 1 atom stereocenters. The average Bonchev–Trinajstić information content (AvgIpc) is 2.18. The molecule has 1 aromatic rings. The first-order valence-electron chi connectivity index (χ1n) is 4.15. The first-order valence-corrected chi connectivity index (χ1v) is 5.48. The molecule has 0 saturated heterocycles. The van der Waals surface area contributed by atoms with Crippen molar-refractivity contribution in [1.82, 2.24) is 0 Å². The second-order valence-electron chi connectivity index (χ2n) is 2.91. The fraction of sp³-hybridized carbons (Fsp3) is 0.300. The van der Waals surface area contributed by atoms with Gasteiger partial charge in [0.25, 0.3) is 0 Å². The number of hydrogen-bond acceptors (Lipinski definition) is 2. The lowest BCUT2D eigenvalue weighted by molar-refractivity contribution is -0.118. The summed E-state index contributed by atoms with van der Waals surface area (Å²) in [4.78, 5) is 11.0. The largest absolute Gasteiger partial charge is 0.388 e. The summed E-state index contributed by atoms with van der Waals surface area (Å²) in [5, 5.41) is 9.69. The van der Waals surface area contributed by atoms with Gasteiger partial charge in [0.1, 0.15) is 0 Å². The van der Waals surface area contributed by atoms with Crippen LogP contribution in [0, 0.1) is 0 Å². The van der Waals surface area contributed by atoms with E-state index in [9.17, 15) is 9.90 Å². The molecular weight excluding hydrogens is 267 g/mol. The van der Waals surface area contributed by atoms with E-state index in [0.717, 1.165) is 4.47 Å². The van der Waals surface area contributed by atoms with Gasteiger partial charge in [0.2, 0.25) is 0 Å². The van der Waals surface area contributed by atoms with Crippen LogP contribution in [0.15, 0.2) is 28.7 Å². The highest BCUT2D eigenvalue weighted by Crippen LogP contribution is 2.25. The van der Waals surface area contributed by atoms with Crippen LogP contribution in [0.25, 0.3) is 0 Å². The summed E-state index contributed by atoms with van der Waals surface area (Å²) in [7, 11) is 0. The zero-order valence-electron chi connectivity index (χ0n) is 7.41. The minimum atomic E-state index is -0.781. The zero-order chi connectivity index (χ0) is 10.6. The molecule has 0 spiro atoms. The highest BCUT2D eigenvalue weighted by molar-refractivity contribution is 9.10. The molecule has 1 unspecified atom stereocenters. The van der Waals surface area contributed by atoms with Gasteiger partial charge in [0, 0.05) is 10.9 Å². The van der Waals surface area contributed by atoms with Crippen molar-refractivity contribution in [2.75, 3.05) is 5.88 Å². The molecule has 0 radical (unpaired) electrons. The second-order valence-corrected chi connectivity index (χ2v) is 4.04. The number of halogens is 2. The Bertz CT molecular complexity index is 328. The second kappa shape index (κ2) is 5.49. The number of Topliss-reactive ketones (excluding diaryl/α,β-unsaturated/α-hetero) is 1. The lowest BCUT2D eigenvalue weighted by Crippen LogP contribution is -2.07. The van der Waals surface area contributed by atoms with Crippen molar-refractivity contribution in [3.63, 3.8) is 0 Å². The van der Waals surface area contributed by atoms with Crippen LogP contribution in [0.2, 0.25) is 0 Å². The number of benzene rings is 1. The van der Waals surface area contributed by atoms with Crippen molar-refractivity contribution in [3.8, 4) is 0 Å². The van der Waals surface area contributed by atoms with Crippen LogP contribution in [0.3, 0.4) is 0 Å². The molecule has 2 nitrogen and oxygen atoms in total. The molecule has 14 heavy (non-hydrogen) atoms. The van der Waals surface area contributed by atoms with Crippen LogP contribution in [0.4, 0.5) is 0 Å². The molecule has 1 N–H and O–H groups in total.